The zero-order chi connectivity index (χ0) is 39.7. The number of hydrogen-bond acceptors (Lipinski definition) is 11. The highest BCUT2D eigenvalue weighted by atomic mass is 16.6. The second-order valence-corrected chi connectivity index (χ2v) is 15.5. The summed E-state index contributed by atoms with van der Waals surface area (Å²) >= 11 is 0. The zero-order valence-corrected chi connectivity index (χ0v) is 32.6. The number of ether oxygens (including phenoxy) is 4. The number of benzene rings is 4. The van der Waals surface area contributed by atoms with Crippen molar-refractivity contribution in [3.05, 3.63) is 99.7 Å². The van der Waals surface area contributed by atoms with Crippen LogP contribution in [0, 0.1) is 0 Å². The van der Waals surface area contributed by atoms with Crippen LogP contribution in [-0.2, 0) is 36.8 Å². The van der Waals surface area contributed by atoms with Gasteiger partial charge < -0.3 is 54.8 Å². The number of rotatable bonds is 15. The number of phenolic OH excluding ortho intramolecular Hbond substituents is 2. The van der Waals surface area contributed by atoms with Gasteiger partial charge in [0.2, 0.25) is 0 Å². The van der Waals surface area contributed by atoms with Crippen LogP contribution in [-0.4, -0.2) is 96.0 Å². The minimum Gasteiger partial charge on any atom is -0.508 e. The van der Waals surface area contributed by atoms with Crippen molar-refractivity contribution in [1.29, 1.82) is 0 Å². The minimum atomic E-state index is -0.959. The van der Waals surface area contributed by atoms with E-state index in [0.29, 0.717) is 56.4 Å². The lowest BCUT2D eigenvalue weighted by Crippen LogP contribution is -2.54. The molecule has 0 spiro atoms. The number of hydrogen-bond donors (Lipinski definition) is 8. The predicted molar refractivity (Wildman–Crippen MR) is 217 cm³/mol. The van der Waals surface area contributed by atoms with Crippen LogP contribution >= 0.6 is 0 Å². The lowest BCUT2D eigenvalue weighted by atomic mass is 9.70. The van der Waals surface area contributed by atoms with Gasteiger partial charge in [-0.05, 0) is 140 Å². The van der Waals surface area contributed by atoms with Crippen LogP contribution in [0.25, 0.3) is 22.0 Å². The van der Waals surface area contributed by atoms with Crippen LogP contribution in [0.5, 0.6) is 28.7 Å². The Morgan fingerprint density at radius 1 is 0.912 bits per heavy atom. The number of fused-ring (bicyclic) bond motifs is 9. The smallest absolute Gasteiger partial charge is 0.161 e. The van der Waals surface area contributed by atoms with Crippen LogP contribution < -0.4 is 24.8 Å². The highest BCUT2D eigenvalue weighted by molar-refractivity contribution is 5.85. The lowest BCUT2D eigenvalue weighted by molar-refractivity contribution is -0.128. The Bertz CT molecular complexity index is 2210. The topological polar surface area (TPSA) is 178 Å². The van der Waals surface area contributed by atoms with Gasteiger partial charge in [0.05, 0.1) is 19.9 Å². The van der Waals surface area contributed by atoms with E-state index in [1.165, 1.54) is 5.56 Å². The molecule has 0 saturated carbocycles. The van der Waals surface area contributed by atoms with E-state index in [-0.39, 0.29) is 62.4 Å². The molecule has 0 amide bonds. The number of aromatic hydroxyl groups is 2. The van der Waals surface area contributed by atoms with Gasteiger partial charge in [-0.25, -0.2) is 0 Å². The second kappa shape index (κ2) is 16.6. The van der Waals surface area contributed by atoms with E-state index in [2.05, 4.69) is 39.9 Å². The molecule has 4 atom stereocenters. The molecule has 302 valence electrons. The van der Waals surface area contributed by atoms with Gasteiger partial charge >= 0.3 is 0 Å². The molecule has 0 fully saturated rings. The molecule has 0 bridgehead atoms. The van der Waals surface area contributed by atoms with E-state index in [1.54, 1.807) is 12.1 Å². The summed E-state index contributed by atoms with van der Waals surface area (Å²) in [6.45, 7) is 0.249. The third kappa shape index (κ3) is 7.30. The summed E-state index contributed by atoms with van der Waals surface area (Å²) in [6, 6.07) is 17.9. The summed E-state index contributed by atoms with van der Waals surface area (Å²) in [5, 5.41) is 59.6. The SMILES string of the molecule is CNCO[C@]1(CNC)Cc2c3c(c4c(c2O[C@@H]1c1cc(CCCO)c(O)c(OCCO)c1)CC[C@H](CO)O4)-c1ccc(O)cc1[C@@H](Cc1ccc2[nH]ccc2c1)C3. The van der Waals surface area contributed by atoms with E-state index >= 15 is 0 Å². The summed E-state index contributed by atoms with van der Waals surface area (Å²) in [7, 11) is 3.73. The largest absolute Gasteiger partial charge is 0.508 e. The number of likely N-dealkylation sites (N-methyl/N-ethyl adjacent to an activating group) is 1. The van der Waals surface area contributed by atoms with E-state index in [9.17, 15) is 25.5 Å². The normalized spacial score (nSPS) is 20.9. The van der Waals surface area contributed by atoms with Crippen LogP contribution in [0.3, 0.4) is 0 Å². The molecule has 1 aromatic heterocycles. The molecular formula is C45H53N3O9. The molecule has 2 aliphatic heterocycles. The number of aromatic amines is 1. The fraction of sp³-hybridized carbons (Fsp3) is 0.422. The summed E-state index contributed by atoms with van der Waals surface area (Å²) < 4.78 is 26.8. The Balaban J connectivity index is 1.33. The van der Waals surface area contributed by atoms with Gasteiger partial charge in [-0.1, -0.05) is 12.1 Å². The molecule has 0 unspecified atom stereocenters. The van der Waals surface area contributed by atoms with E-state index in [4.69, 9.17) is 18.9 Å². The maximum absolute atomic E-state index is 11.3. The molecule has 3 aliphatic rings. The first kappa shape index (κ1) is 39.0. The predicted octanol–water partition coefficient (Wildman–Crippen LogP) is 4.94. The van der Waals surface area contributed by atoms with Crippen LogP contribution in [0.4, 0.5) is 0 Å². The molecule has 5 aromatic rings. The molecule has 3 heterocycles. The maximum atomic E-state index is 11.3. The Hall–Kier alpha value is -4.82. The maximum Gasteiger partial charge on any atom is 0.161 e. The van der Waals surface area contributed by atoms with E-state index < -0.39 is 11.7 Å². The van der Waals surface area contributed by atoms with Crippen molar-refractivity contribution in [3.63, 3.8) is 0 Å². The van der Waals surface area contributed by atoms with Crippen molar-refractivity contribution in [1.82, 2.24) is 15.6 Å². The van der Waals surface area contributed by atoms with Crippen molar-refractivity contribution >= 4 is 10.9 Å². The molecule has 57 heavy (non-hydrogen) atoms. The number of aliphatic hydroxyl groups excluding tert-OH is 3. The fourth-order valence-corrected chi connectivity index (χ4v) is 9.29. The van der Waals surface area contributed by atoms with Gasteiger partial charge in [0, 0.05) is 48.0 Å². The lowest BCUT2D eigenvalue weighted by Gasteiger charge is -2.47. The van der Waals surface area contributed by atoms with Crippen LogP contribution in [0.1, 0.15) is 63.8 Å². The van der Waals surface area contributed by atoms with Crippen LogP contribution in [0.2, 0.25) is 0 Å². The van der Waals surface area contributed by atoms with Gasteiger partial charge in [-0.15, -0.1) is 0 Å². The molecule has 0 radical (unpaired) electrons. The first-order valence-electron chi connectivity index (χ1n) is 20.0. The number of nitrogens with one attached hydrogen (secondary N) is 3. The summed E-state index contributed by atoms with van der Waals surface area (Å²) in [5.74, 6) is 1.85. The van der Waals surface area contributed by atoms with E-state index in [1.807, 2.05) is 38.5 Å². The molecule has 8 rings (SSSR count). The third-order valence-electron chi connectivity index (χ3n) is 11.8. The monoisotopic (exact) mass is 779 g/mol. The van der Waals surface area contributed by atoms with Crippen molar-refractivity contribution in [3.8, 4) is 39.9 Å². The summed E-state index contributed by atoms with van der Waals surface area (Å²) in [6.07, 6.45) is 4.81. The Kier molecular flexibility index (Phi) is 11.3. The average Bonchev–Trinajstić information content (AvgIpc) is 3.70. The third-order valence-corrected chi connectivity index (χ3v) is 11.8. The Morgan fingerprint density at radius 2 is 1.79 bits per heavy atom. The summed E-state index contributed by atoms with van der Waals surface area (Å²) in [5.41, 5.74) is 8.71. The highest BCUT2D eigenvalue weighted by Gasteiger charge is 2.50. The van der Waals surface area contributed by atoms with Gasteiger partial charge in [0.15, 0.2) is 17.6 Å². The number of H-pyrrole nitrogens is 1. The second-order valence-electron chi connectivity index (χ2n) is 15.5. The molecule has 12 heteroatoms. The molecule has 8 N–H and O–H groups in total. The van der Waals surface area contributed by atoms with Crippen LogP contribution in [0.15, 0.2) is 60.8 Å². The number of aromatic nitrogens is 1. The van der Waals surface area contributed by atoms with E-state index in [0.717, 1.165) is 62.0 Å². The van der Waals surface area contributed by atoms with Crippen molar-refractivity contribution < 1.29 is 44.5 Å². The van der Waals surface area contributed by atoms with Crippen molar-refractivity contribution in [2.75, 3.05) is 53.8 Å². The molecule has 4 aromatic carbocycles. The van der Waals surface area contributed by atoms with Gasteiger partial charge in [0.25, 0.3) is 0 Å². The Morgan fingerprint density at radius 3 is 2.58 bits per heavy atom. The summed E-state index contributed by atoms with van der Waals surface area (Å²) in [4.78, 5) is 3.29. The van der Waals surface area contributed by atoms with Gasteiger partial charge in [0.1, 0.15) is 35.6 Å². The minimum absolute atomic E-state index is 0.00874. The first-order chi connectivity index (χ1) is 27.8. The van der Waals surface area contributed by atoms with Gasteiger partial charge in [-0.3, -0.25) is 5.32 Å². The fourth-order valence-electron chi connectivity index (χ4n) is 9.29. The number of aliphatic hydroxyl groups is 3. The first-order valence-corrected chi connectivity index (χ1v) is 20.0. The number of phenols is 2. The van der Waals surface area contributed by atoms with Gasteiger partial charge in [-0.2, -0.15) is 0 Å². The Labute approximate surface area is 332 Å². The van der Waals surface area contributed by atoms with Crippen molar-refractivity contribution in [2.24, 2.45) is 0 Å². The van der Waals surface area contributed by atoms with Crippen molar-refractivity contribution in [2.45, 2.75) is 68.7 Å². The number of aryl methyl sites for hydroxylation is 1. The molecule has 1 aliphatic carbocycles. The quantitative estimate of drug-likeness (QED) is 0.0676. The molecule has 0 saturated heterocycles. The molecular weight excluding hydrogens is 727 g/mol. The zero-order valence-electron chi connectivity index (χ0n) is 32.6. The standard InChI is InChI=1S/C45H53N3O9/c1-46-24-45(55-25-47-2)22-37-36-19-29(17-26-5-10-38-27(16-26)11-12-48-38)35-21-31(52)6-8-33(35)40(36)43-34(9-7-32(23-51)56-43)42(37)57-44(45)30-18-28(4-3-13-49)41(53)39(20-30)54-15-14-50/h5-6,8,10-12,16,18,20-21,29,32,44,46-53H,3-4,7,9,13-15,17,19,22-25H2,1-2H3/t29-,32+,44+,45-/m0/s1. The molecule has 12 nitrogen and oxygen atoms in total. The highest BCUT2D eigenvalue weighted by Crippen LogP contribution is 2.58. The average molecular weight is 780 g/mol.